The van der Waals surface area contributed by atoms with Crippen molar-refractivity contribution in [1.82, 2.24) is 0 Å². The van der Waals surface area contributed by atoms with Crippen LogP contribution in [0.4, 0.5) is 0 Å². The Balaban J connectivity index is 2.67. The van der Waals surface area contributed by atoms with Crippen LogP contribution in [-0.2, 0) is 0 Å². The first-order chi connectivity index (χ1) is 6.57. The predicted octanol–water partition coefficient (Wildman–Crippen LogP) is -1.78. The Morgan fingerprint density at radius 1 is 0.857 bits per heavy atom. The molecule has 84 valence electrons. The Kier molecular flexibility index (Phi) is 4.28. The molecule has 0 bridgehead atoms. The molecule has 1 aliphatic carbocycles. The van der Waals surface area contributed by atoms with Gasteiger partial charge < -0.3 is 25.5 Å². The minimum absolute atomic E-state index is 0.221. The Hall–Kier alpha value is -0.200. The summed E-state index contributed by atoms with van der Waals surface area (Å²) in [6.07, 6.45) is -3.36. The van der Waals surface area contributed by atoms with Gasteiger partial charge in [0.1, 0.15) is 12.2 Å². The lowest BCUT2D eigenvalue weighted by molar-refractivity contribution is -0.134. The summed E-state index contributed by atoms with van der Waals surface area (Å²) in [5.41, 5.74) is 0. The molecule has 0 spiro atoms. The van der Waals surface area contributed by atoms with E-state index in [1.165, 1.54) is 0 Å². The summed E-state index contributed by atoms with van der Waals surface area (Å²) in [7, 11) is 0. The van der Waals surface area contributed by atoms with Crippen LogP contribution in [0.25, 0.3) is 0 Å². The van der Waals surface area contributed by atoms with Gasteiger partial charge in [-0.15, -0.1) is 0 Å². The first-order valence-corrected chi connectivity index (χ1v) is 4.91. The molecule has 0 radical (unpaired) electrons. The van der Waals surface area contributed by atoms with Crippen molar-refractivity contribution < 1.29 is 25.5 Å². The SMILES string of the molecule is OC[C@H]1CCC[C@H](O)[C@@H](O)[C@@H](O)[C@H]1O. The summed E-state index contributed by atoms with van der Waals surface area (Å²) in [5.74, 6) is -0.424. The highest BCUT2D eigenvalue weighted by molar-refractivity contribution is 4.87. The van der Waals surface area contributed by atoms with Gasteiger partial charge in [-0.25, -0.2) is 0 Å². The molecule has 1 saturated carbocycles. The second kappa shape index (κ2) is 5.04. The highest BCUT2D eigenvalue weighted by atomic mass is 16.4. The average Bonchev–Trinajstić information content (AvgIpc) is 2.20. The number of hydrogen-bond donors (Lipinski definition) is 5. The van der Waals surface area contributed by atoms with Gasteiger partial charge in [-0.05, 0) is 12.8 Å². The van der Waals surface area contributed by atoms with Crippen molar-refractivity contribution in [3.63, 3.8) is 0 Å². The number of aliphatic hydroxyl groups is 5. The van der Waals surface area contributed by atoms with E-state index in [4.69, 9.17) is 5.11 Å². The Bertz CT molecular complexity index is 169. The summed E-state index contributed by atoms with van der Waals surface area (Å²) in [4.78, 5) is 0. The topological polar surface area (TPSA) is 101 Å². The number of rotatable bonds is 1. The van der Waals surface area contributed by atoms with Crippen molar-refractivity contribution >= 4 is 0 Å². The van der Waals surface area contributed by atoms with Gasteiger partial charge in [-0.2, -0.15) is 0 Å². The zero-order valence-electron chi connectivity index (χ0n) is 7.95. The Morgan fingerprint density at radius 2 is 1.50 bits per heavy atom. The maximum Gasteiger partial charge on any atom is 0.109 e. The van der Waals surface area contributed by atoms with E-state index in [0.717, 1.165) is 0 Å². The molecular weight excluding hydrogens is 188 g/mol. The molecule has 0 aliphatic heterocycles. The number of hydrogen-bond acceptors (Lipinski definition) is 5. The zero-order chi connectivity index (χ0) is 10.7. The highest BCUT2D eigenvalue weighted by Crippen LogP contribution is 2.23. The molecule has 1 fully saturated rings. The third-order valence-electron chi connectivity index (χ3n) is 2.89. The van der Waals surface area contributed by atoms with E-state index in [-0.39, 0.29) is 6.61 Å². The van der Waals surface area contributed by atoms with Crippen molar-refractivity contribution in [2.75, 3.05) is 6.61 Å². The summed E-state index contributed by atoms with van der Waals surface area (Å²) >= 11 is 0. The third-order valence-corrected chi connectivity index (χ3v) is 2.89. The monoisotopic (exact) mass is 206 g/mol. The van der Waals surface area contributed by atoms with E-state index in [1.54, 1.807) is 0 Å². The Labute approximate surface area is 82.6 Å². The molecule has 14 heavy (non-hydrogen) atoms. The van der Waals surface area contributed by atoms with Crippen LogP contribution in [0.1, 0.15) is 19.3 Å². The van der Waals surface area contributed by atoms with Gasteiger partial charge in [0, 0.05) is 12.5 Å². The first kappa shape index (κ1) is 11.9. The lowest BCUT2D eigenvalue weighted by Crippen LogP contribution is -2.49. The van der Waals surface area contributed by atoms with Crippen molar-refractivity contribution in [3.05, 3.63) is 0 Å². The second-order valence-electron chi connectivity index (χ2n) is 3.91. The molecule has 5 N–H and O–H groups in total. The van der Waals surface area contributed by atoms with Crippen molar-refractivity contribution in [2.24, 2.45) is 5.92 Å². The molecule has 0 aromatic rings. The van der Waals surface area contributed by atoms with Gasteiger partial charge in [-0.1, -0.05) is 6.42 Å². The van der Waals surface area contributed by atoms with Crippen LogP contribution >= 0.6 is 0 Å². The summed E-state index contributed by atoms with van der Waals surface area (Å²) in [5, 5.41) is 46.7. The highest BCUT2D eigenvalue weighted by Gasteiger charge is 2.36. The van der Waals surface area contributed by atoms with Crippen molar-refractivity contribution in [3.8, 4) is 0 Å². The lowest BCUT2D eigenvalue weighted by atomic mass is 9.85. The van der Waals surface area contributed by atoms with Gasteiger partial charge >= 0.3 is 0 Å². The predicted molar refractivity (Wildman–Crippen MR) is 48.5 cm³/mol. The molecule has 0 amide bonds. The second-order valence-corrected chi connectivity index (χ2v) is 3.91. The average molecular weight is 206 g/mol. The Morgan fingerprint density at radius 3 is 2.07 bits per heavy atom. The molecule has 5 heteroatoms. The fraction of sp³-hybridized carbons (Fsp3) is 1.00. The summed E-state index contributed by atoms with van der Waals surface area (Å²) in [6, 6.07) is 0. The molecule has 1 aliphatic rings. The van der Waals surface area contributed by atoms with Crippen LogP contribution < -0.4 is 0 Å². The van der Waals surface area contributed by atoms with Gasteiger partial charge in [0.2, 0.25) is 0 Å². The fourth-order valence-electron chi connectivity index (χ4n) is 1.84. The fourth-order valence-corrected chi connectivity index (χ4v) is 1.84. The van der Waals surface area contributed by atoms with Gasteiger partial charge in [-0.3, -0.25) is 0 Å². The molecule has 5 nitrogen and oxygen atoms in total. The maximum absolute atomic E-state index is 9.55. The van der Waals surface area contributed by atoms with E-state index in [2.05, 4.69) is 0 Å². The molecule has 0 unspecified atom stereocenters. The van der Waals surface area contributed by atoms with Gasteiger partial charge in [0.15, 0.2) is 0 Å². The molecule has 0 saturated heterocycles. The zero-order valence-corrected chi connectivity index (χ0v) is 7.95. The van der Waals surface area contributed by atoms with Crippen molar-refractivity contribution in [2.45, 2.75) is 43.7 Å². The molecule has 1 rings (SSSR count). The van der Waals surface area contributed by atoms with E-state index < -0.39 is 30.3 Å². The largest absolute Gasteiger partial charge is 0.396 e. The van der Waals surface area contributed by atoms with E-state index >= 15 is 0 Å². The smallest absolute Gasteiger partial charge is 0.109 e. The van der Waals surface area contributed by atoms with Gasteiger partial charge in [0.25, 0.3) is 0 Å². The van der Waals surface area contributed by atoms with Crippen LogP contribution in [0, 0.1) is 5.92 Å². The quantitative estimate of drug-likeness (QED) is 0.349. The van der Waals surface area contributed by atoms with Gasteiger partial charge in [0.05, 0.1) is 12.2 Å². The molecule has 5 atom stereocenters. The minimum atomic E-state index is -1.39. The lowest BCUT2D eigenvalue weighted by Gasteiger charge is -2.33. The molecule has 0 aromatic carbocycles. The minimum Gasteiger partial charge on any atom is -0.396 e. The first-order valence-electron chi connectivity index (χ1n) is 4.91. The number of aliphatic hydroxyl groups excluding tert-OH is 5. The van der Waals surface area contributed by atoms with Crippen molar-refractivity contribution in [1.29, 1.82) is 0 Å². The molecular formula is C9H18O5. The van der Waals surface area contributed by atoms with E-state index in [1.807, 2.05) is 0 Å². The van der Waals surface area contributed by atoms with E-state index in [9.17, 15) is 20.4 Å². The standard InChI is InChI=1S/C9H18O5/c10-4-5-2-1-3-6(11)8(13)9(14)7(5)12/h5-14H,1-4H2/t5-,6+,7+,8-,9+/m1/s1. The van der Waals surface area contributed by atoms with Crippen LogP contribution in [0.5, 0.6) is 0 Å². The van der Waals surface area contributed by atoms with Crippen LogP contribution in [0.2, 0.25) is 0 Å². The van der Waals surface area contributed by atoms with Crippen LogP contribution in [0.3, 0.4) is 0 Å². The summed E-state index contributed by atoms with van der Waals surface area (Å²) < 4.78 is 0. The molecule has 0 aromatic heterocycles. The maximum atomic E-state index is 9.55. The summed E-state index contributed by atoms with van der Waals surface area (Å²) in [6.45, 7) is -0.221. The normalized spacial score (nSPS) is 45.6. The van der Waals surface area contributed by atoms with E-state index in [0.29, 0.717) is 19.3 Å². The van der Waals surface area contributed by atoms with Crippen LogP contribution in [0.15, 0.2) is 0 Å². The molecule has 0 heterocycles. The third kappa shape index (κ3) is 2.43. The van der Waals surface area contributed by atoms with Crippen LogP contribution in [-0.4, -0.2) is 56.6 Å².